The fraction of sp³-hybridized carbons (Fsp3) is 0.556. The van der Waals surface area contributed by atoms with E-state index in [2.05, 4.69) is 4.98 Å². The van der Waals surface area contributed by atoms with Crippen LogP contribution in [0.4, 0.5) is 4.79 Å². The van der Waals surface area contributed by atoms with Gasteiger partial charge in [0.25, 0.3) is 0 Å². The Morgan fingerprint density at radius 3 is 2.38 bits per heavy atom. The maximum Gasteiger partial charge on any atom is 0.410 e. The van der Waals surface area contributed by atoms with E-state index in [1.165, 1.54) is 17.4 Å². The second-order valence-electron chi connectivity index (χ2n) is 6.81. The summed E-state index contributed by atoms with van der Waals surface area (Å²) in [5.74, 6) is -0.996. The monoisotopic (exact) mass is 361 g/mol. The lowest BCUT2D eigenvalue weighted by molar-refractivity contribution is -0.147. The van der Waals surface area contributed by atoms with Gasteiger partial charge in [-0.05, 0) is 36.5 Å². The van der Waals surface area contributed by atoms with Crippen molar-refractivity contribution in [3.8, 4) is 0 Å². The van der Waals surface area contributed by atoms with Gasteiger partial charge in [-0.1, -0.05) is 0 Å². The van der Waals surface area contributed by atoms with Crippen LogP contribution >= 0.6 is 0 Å². The Labute approximate surface area is 151 Å². The second-order valence-corrected chi connectivity index (χ2v) is 6.81. The highest BCUT2D eigenvalue weighted by atomic mass is 16.6. The molecule has 0 aliphatic carbocycles. The Balaban J connectivity index is 1.52. The zero-order chi connectivity index (χ0) is 18.7. The zero-order valence-corrected chi connectivity index (χ0v) is 14.7. The summed E-state index contributed by atoms with van der Waals surface area (Å²) in [5, 5.41) is 9.22. The number of carbonyl (C=O) groups excluding carboxylic acids is 2. The van der Waals surface area contributed by atoms with Crippen molar-refractivity contribution in [2.75, 3.05) is 19.6 Å². The number of nitrogens with zero attached hydrogens (tertiary/aromatic N) is 3. The predicted molar refractivity (Wildman–Crippen MR) is 91.5 cm³/mol. The Bertz CT molecular complexity index is 651. The first-order chi connectivity index (χ1) is 12.5. The zero-order valence-electron chi connectivity index (χ0n) is 14.7. The van der Waals surface area contributed by atoms with Crippen LogP contribution in [0.2, 0.25) is 0 Å². The summed E-state index contributed by atoms with van der Waals surface area (Å²) < 4.78 is 5.47. The maximum atomic E-state index is 12.4. The maximum absolute atomic E-state index is 12.4. The fourth-order valence-electron chi connectivity index (χ4n) is 3.71. The second kappa shape index (κ2) is 7.72. The van der Waals surface area contributed by atoms with Crippen molar-refractivity contribution in [2.45, 2.75) is 44.2 Å². The van der Waals surface area contributed by atoms with Crippen LogP contribution < -0.4 is 0 Å². The van der Waals surface area contributed by atoms with Crippen LogP contribution in [0.25, 0.3) is 0 Å². The van der Waals surface area contributed by atoms with Gasteiger partial charge in [-0.2, -0.15) is 0 Å². The van der Waals surface area contributed by atoms with E-state index < -0.39 is 24.2 Å². The number of pyridine rings is 1. The Hall–Kier alpha value is -2.64. The molecule has 1 N–H and O–H groups in total. The number of amides is 2. The van der Waals surface area contributed by atoms with Gasteiger partial charge in [0.2, 0.25) is 5.91 Å². The number of hydrogen-bond donors (Lipinski definition) is 1. The third kappa shape index (κ3) is 3.95. The van der Waals surface area contributed by atoms with Crippen LogP contribution in [-0.4, -0.2) is 69.6 Å². The van der Waals surface area contributed by atoms with Crippen LogP contribution in [0.15, 0.2) is 24.5 Å². The highest BCUT2D eigenvalue weighted by molar-refractivity contribution is 5.83. The van der Waals surface area contributed by atoms with Crippen LogP contribution in [0.3, 0.4) is 0 Å². The molecule has 26 heavy (non-hydrogen) atoms. The molecule has 0 unspecified atom stereocenters. The molecule has 2 saturated heterocycles. The van der Waals surface area contributed by atoms with Crippen LogP contribution in [0.5, 0.6) is 0 Å². The van der Waals surface area contributed by atoms with Gasteiger partial charge >= 0.3 is 12.1 Å². The van der Waals surface area contributed by atoms with Crippen molar-refractivity contribution in [1.82, 2.24) is 14.8 Å². The van der Waals surface area contributed by atoms with Crippen LogP contribution in [-0.2, 0) is 14.3 Å². The summed E-state index contributed by atoms with van der Waals surface area (Å²) in [7, 11) is 0. The predicted octanol–water partition coefficient (Wildman–Crippen LogP) is 1.47. The van der Waals surface area contributed by atoms with Gasteiger partial charge in [0, 0.05) is 38.8 Å². The summed E-state index contributed by atoms with van der Waals surface area (Å²) >= 11 is 0. The lowest BCUT2D eigenvalue weighted by Crippen LogP contribution is -2.40. The number of piperidine rings is 1. The van der Waals surface area contributed by atoms with Crippen molar-refractivity contribution in [2.24, 2.45) is 0 Å². The molecule has 2 atom stereocenters. The molecule has 1 aromatic rings. The highest BCUT2D eigenvalue weighted by Gasteiger charge is 2.40. The average Bonchev–Trinajstić information content (AvgIpc) is 3.07. The molecule has 140 valence electrons. The SMILES string of the molecule is CC(=O)N1C[C@H](OC(=O)N2CCC(c3ccncc3)CC2)C[C@H]1C(=O)O. The topological polar surface area (TPSA) is 100 Å². The Kier molecular flexibility index (Phi) is 5.39. The van der Waals surface area contributed by atoms with E-state index in [0.717, 1.165) is 12.8 Å². The van der Waals surface area contributed by atoms with Gasteiger partial charge < -0.3 is 19.6 Å². The molecule has 2 aliphatic rings. The third-order valence-electron chi connectivity index (χ3n) is 5.15. The number of carbonyl (C=O) groups is 3. The largest absolute Gasteiger partial charge is 0.480 e. The van der Waals surface area contributed by atoms with Crippen molar-refractivity contribution in [3.05, 3.63) is 30.1 Å². The average molecular weight is 361 g/mol. The number of aromatic nitrogens is 1. The molecule has 8 nitrogen and oxygen atoms in total. The van der Waals surface area contributed by atoms with Crippen molar-refractivity contribution in [3.63, 3.8) is 0 Å². The van der Waals surface area contributed by atoms with Gasteiger partial charge in [-0.15, -0.1) is 0 Å². The smallest absolute Gasteiger partial charge is 0.410 e. The number of carboxylic acids is 1. The van der Waals surface area contributed by atoms with E-state index in [0.29, 0.717) is 19.0 Å². The molecule has 2 amide bonds. The van der Waals surface area contributed by atoms with Crippen molar-refractivity contribution in [1.29, 1.82) is 0 Å². The summed E-state index contributed by atoms with van der Waals surface area (Å²) in [5.41, 5.74) is 1.23. The van der Waals surface area contributed by atoms with Crippen LogP contribution in [0, 0.1) is 0 Å². The van der Waals surface area contributed by atoms with Crippen LogP contribution in [0.1, 0.15) is 37.7 Å². The summed E-state index contributed by atoms with van der Waals surface area (Å²) in [6.07, 6.45) is 4.37. The summed E-state index contributed by atoms with van der Waals surface area (Å²) in [6, 6.07) is 3.07. The highest BCUT2D eigenvalue weighted by Crippen LogP contribution is 2.28. The standard InChI is InChI=1S/C18H23N3O5/c1-12(22)21-11-15(10-16(21)17(23)24)26-18(25)20-8-4-14(5-9-20)13-2-6-19-7-3-13/h2-3,6-7,14-16H,4-5,8-11H2,1H3,(H,23,24)/t15-,16+/m1/s1. The number of likely N-dealkylation sites (tertiary alicyclic amines) is 2. The molecule has 2 fully saturated rings. The number of hydrogen-bond acceptors (Lipinski definition) is 5. The Morgan fingerprint density at radius 1 is 1.19 bits per heavy atom. The van der Waals surface area contributed by atoms with E-state index in [4.69, 9.17) is 4.74 Å². The molecule has 2 aliphatic heterocycles. The molecule has 0 radical (unpaired) electrons. The molecule has 0 spiro atoms. The van der Waals surface area contributed by atoms with E-state index in [1.807, 2.05) is 12.1 Å². The third-order valence-corrected chi connectivity index (χ3v) is 5.15. The molecule has 8 heteroatoms. The van der Waals surface area contributed by atoms with E-state index in [9.17, 15) is 19.5 Å². The normalized spacial score (nSPS) is 23.7. The first kappa shape index (κ1) is 18.2. The molecule has 3 rings (SSSR count). The molecule has 0 saturated carbocycles. The van der Waals surface area contributed by atoms with E-state index in [1.54, 1.807) is 17.3 Å². The summed E-state index contributed by atoms with van der Waals surface area (Å²) in [6.45, 7) is 2.64. The minimum Gasteiger partial charge on any atom is -0.480 e. The first-order valence-corrected chi connectivity index (χ1v) is 8.81. The molecule has 1 aromatic heterocycles. The van der Waals surface area contributed by atoms with Crippen molar-refractivity contribution >= 4 is 18.0 Å². The van der Waals surface area contributed by atoms with E-state index >= 15 is 0 Å². The summed E-state index contributed by atoms with van der Waals surface area (Å²) in [4.78, 5) is 42.2. The van der Waals surface area contributed by atoms with Gasteiger partial charge in [0.05, 0.1) is 6.54 Å². The minimum absolute atomic E-state index is 0.130. The lowest BCUT2D eigenvalue weighted by Gasteiger charge is -2.32. The first-order valence-electron chi connectivity index (χ1n) is 8.81. The van der Waals surface area contributed by atoms with E-state index in [-0.39, 0.29) is 18.9 Å². The minimum atomic E-state index is -1.07. The van der Waals surface area contributed by atoms with Gasteiger partial charge in [0.15, 0.2) is 0 Å². The quantitative estimate of drug-likeness (QED) is 0.875. The van der Waals surface area contributed by atoms with Crippen molar-refractivity contribution < 1.29 is 24.2 Å². The molecular weight excluding hydrogens is 338 g/mol. The molecule has 0 aromatic carbocycles. The molecular formula is C18H23N3O5. The lowest BCUT2D eigenvalue weighted by atomic mass is 9.90. The van der Waals surface area contributed by atoms with Gasteiger partial charge in [-0.25, -0.2) is 9.59 Å². The fourth-order valence-corrected chi connectivity index (χ4v) is 3.71. The number of aliphatic carboxylic acids is 1. The van der Waals surface area contributed by atoms with Gasteiger partial charge in [-0.3, -0.25) is 9.78 Å². The molecule has 3 heterocycles. The number of ether oxygens (including phenoxy) is 1. The molecule has 0 bridgehead atoms. The van der Waals surface area contributed by atoms with Gasteiger partial charge in [0.1, 0.15) is 12.1 Å². The number of rotatable bonds is 3. The number of carboxylic acid groups (broad SMARTS) is 1. The Morgan fingerprint density at radius 2 is 1.85 bits per heavy atom.